The van der Waals surface area contributed by atoms with Gasteiger partial charge in [-0.3, -0.25) is 4.79 Å². The molecule has 0 aromatic rings. The van der Waals surface area contributed by atoms with Crippen LogP contribution in [0, 0.1) is 35.5 Å². The van der Waals surface area contributed by atoms with E-state index in [1.54, 1.807) is 0 Å². The molecule has 4 aliphatic carbocycles. The maximum atomic E-state index is 12.5. The van der Waals surface area contributed by atoms with E-state index in [1.165, 1.54) is 32.1 Å². The molecule has 4 atom stereocenters. The Hall–Kier alpha value is -0.570. The van der Waals surface area contributed by atoms with Crippen molar-refractivity contribution in [2.75, 3.05) is 13.1 Å². The predicted molar refractivity (Wildman–Crippen MR) is 67.5 cm³/mol. The van der Waals surface area contributed by atoms with Crippen LogP contribution in [-0.4, -0.2) is 29.4 Å². The van der Waals surface area contributed by atoms with Crippen molar-refractivity contribution in [2.45, 2.75) is 37.6 Å². The molecule has 0 aromatic heterocycles. The molecule has 0 aromatic carbocycles. The number of fused-ring (bicyclic) bond motifs is 5. The molecule has 2 bridgehead atoms. The van der Waals surface area contributed by atoms with Crippen molar-refractivity contribution in [1.82, 2.24) is 4.90 Å². The molecule has 3 nitrogen and oxygen atoms in total. The second-order valence-electron chi connectivity index (χ2n) is 7.72. The van der Waals surface area contributed by atoms with Gasteiger partial charge in [0.15, 0.2) is 0 Å². The molecule has 2 N–H and O–H groups in total. The molecule has 0 radical (unpaired) electrons. The van der Waals surface area contributed by atoms with Crippen molar-refractivity contribution < 1.29 is 4.79 Å². The van der Waals surface area contributed by atoms with Gasteiger partial charge >= 0.3 is 0 Å². The minimum atomic E-state index is -0.00135. The van der Waals surface area contributed by atoms with Gasteiger partial charge in [-0.15, -0.1) is 0 Å². The third-order valence-electron chi connectivity index (χ3n) is 6.69. The van der Waals surface area contributed by atoms with Gasteiger partial charge in [-0.25, -0.2) is 0 Å². The van der Waals surface area contributed by atoms with Crippen molar-refractivity contribution >= 4 is 5.91 Å². The third-order valence-corrected chi connectivity index (χ3v) is 6.69. The Balaban J connectivity index is 1.26. The van der Waals surface area contributed by atoms with E-state index in [-0.39, 0.29) is 5.54 Å². The molecule has 18 heavy (non-hydrogen) atoms. The summed E-state index contributed by atoms with van der Waals surface area (Å²) in [6, 6.07) is 0. The monoisotopic (exact) mass is 246 g/mol. The molecule has 98 valence electrons. The van der Waals surface area contributed by atoms with Crippen molar-refractivity contribution in [3.63, 3.8) is 0 Å². The van der Waals surface area contributed by atoms with E-state index in [1.807, 2.05) is 0 Å². The summed E-state index contributed by atoms with van der Waals surface area (Å²) in [5.74, 6) is 4.97. The molecule has 1 aliphatic heterocycles. The van der Waals surface area contributed by atoms with Gasteiger partial charge in [-0.1, -0.05) is 0 Å². The highest BCUT2D eigenvalue weighted by atomic mass is 16.2. The van der Waals surface area contributed by atoms with Gasteiger partial charge < -0.3 is 10.6 Å². The van der Waals surface area contributed by atoms with Crippen LogP contribution in [0.15, 0.2) is 0 Å². The fourth-order valence-corrected chi connectivity index (χ4v) is 5.60. The van der Waals surface area contributed by atoms with E-state index >= 15 is 0 Å². The highest BCUT2D eigenvalue weighted by molar-refractivity contribution is 5.84. The fourth-order valence-electron chi connectivity index (χ4n) is 5.60. The van der Waals surface area contributed by atoms with Crippen molar-refractivity contribution in [2.24, 2.45) is 41.2 Å². The average molecular weight is 246 g/mol. The summed E-state index contributed by atoms with van der Waals surface area (Å²) in [5, 5.41) is 0. The largest absolute Gasteiger partial charge is 0.339 e. The quantitative estimate of drug-likeness (QED) is 0.796. The van der Waals surface area contributed by atoms with Crippen LogP contribution in [0.25, 0.3) is 0 Å². The summed E-state index contributed by atoms with van der Waals surface area (Å²) >= 11 is 0. The van der Waals surface area contributed by atoms with Crippen LogP contribution >= 0.6 is 0 Å². The van der Waals surface area contributed by atoms with Gasteiger partial charge in [0.25, 0.3) is 0 Å². The number of carbonyl (C=O) groups is 1. The maximum Gasteiger partial charge on any atom is 0.226 e. The zero-order chi connectivity index (χ0) is 12.1. The van der Waals surface area contributed by atoms with Gasteiger partial charge in [-0.05, 0) is 61.7 Å². The number of nitrogens with two attached hydrogens (primary N) is 1. The molecular weight excluding hydrogens is 224 g/mol. The first-order valence-corrected chi connectivity index (χ1v) is 7.75. The molecule has 4 saturated carbocycles. The number of nitrogens with zero attached hydrogens (tertiary/aromatic N) is 1. The zero-order valence-corrected chi connectivity index (χ0v) is 10.8. The lowest BCUT2D eigenvalue weighted by Crippen LogP contribution is -2.70. The van der Waals surface area contributed by atoms with Crippen LogP contribution in [0.4, 0.5) is 0 Å². The Kier molecular flexibility index (Phi) is 1.68. The second kappa shape index (κ2) is 2.95. The number of hydrogen-bond acceptors (Lipinski definition) is 2. The maximum absolute atomic E-state index is 12.5. The van der Waals surface area contributed by atoms with E-state index in [0.717, 1.165) is 42.7 Å². The Labute approximate surface area is 108 Å². The number of hydrogen-bond donors (Lipinski definition) is 1. The van der Waals surface area contributed by atoms with Gasteiger partial charge in [0, 0.05) is 19.0 Å². The Morgan fingerprint density at radius 3 is 2.22 bits per heavy atom. The lowest BCUT2D eigenvalue weighted by molar-refractivity contribution is -0.141. The van der Waals surface area contributed by atoms with Crippen LogP contribution in [0.2, 0.25) is 0 Å². The highest BCUT2D eigenvalue weighted by Crippen LogP contribution is 2.69. The zero-order valence-electron chi connectivity index (χ0n) is 10.8. The summed E-state index contributed by atoms with van der Waals surface area (Å²) in [7, 11) is 0. The number of likely N-dealkylation sites (tertiary alicyclic amines) is 1. The van der Waals surface area contributed by atoms with Gasteiger partial charge in [0.2, 0.25) is 5.91 Å². The third kappa shape index (κ3) is 1.13. The normalized spacial score (nSPS) is 50.9. The first-order valence-electron chi connectivity index (χ1n) is 7.75. The molecule has 3 heteroatoms. The van der Waals surface area contributed by atoms with Crippen LogP contribution < -0.4 is 5.73 Å². The number of amides is 1. The summed E-state index contributed by atoms with van der Waals surface area (Å²) in [6.45, 7) is 1.70. The van der Waals surface area contributed by atoms with E-state index in [9.17, 15) is 4.79 Å². The minimum absolute atomic E-state index is 0.00135. The first-order chi connectivity index (χ1) is 8.67. The Bertz CT molecular complexity index is 408. The number of rotatable bonds is 2. The molecule has 5 aliphatic rings. The van der Waals surface area contributed by atoms with Crippen molar-refractivity contribution in [1.29, 1.82) is 0 Å². The van der Waals surface area contributed by atoms with Crippen molar-refractivity contribution in [3.8, 4) is 0 Å². The van der Waals surface area contributed by atoms with Gasteiger partial charge in [0.05, 0.1) is 5.54 Å². The van der Waals surface area contributed by atoms with Crippen LogP contribution in [0.5, 0.6) is 0 Å². The first kappa shape index (κ1) is 10.2. The van der Waals surface area contributed by atoms with Gasteiger partial charge in [0.1, 0.15) is 0 Å². The lowest BCUT2D eigenvalue weighted by Gasteiger charge is -2.48. The van der Waals surface area contributed by atoms with Crippen molar-refractivity contribution in [3.05, 3.63) is 0 Å². The van der Waals surface area contributed by atoms with E-state index in [0.29, 0.717) is 11.8 Å². The molecule has 1 heterocycles. The molecular formula is C15H22N2O. The average Bonchev–Trinajstić information content (AvgIpc) is 3.23. The number of carbonyl (C=O) groups excluding carboxylic acids is 1. The second-order valence-corrected chi connectivity index (χ2v) is 7.72. The van der Waals surface area contributed by atoms with E-state index in [4.69, 9.17) is 5.73 Å². The standard InChI is InChI=1S/C15H22N2O/c16-15(10-3-4-10)6-17(7-15)14(18)13-11-8-1-2-9(5-8)12(11)13/h8-13H,1-7,16H2. The molecule has 5 fully saturated rings. The summed E-state index contributed by atoms with van der Waals surface area (Å²) in [5.41, 5.74) is 6.34. The molecule has 1 saturated heterocycles. The predicted octanol–water partition coefficient (Wildman–Crippen LogP) is 1.23. The van der Waals surface area contributed by atoms with Crippen LogP contribution in [-0.2, 0) is 4.79 Å². The molecule has 4 unspecified atom stereocenters. The van der Waals surface area contributed by atoms with E-state index < -0.39 is 0 Å². The minimum Gasteiger partial charge on any atom is -0.339 e. The topological polar surface area (TPSA) is 46.3 Å². The molecule has 5 rings (SSSR count). The lowest BCUT2D eigenvalue weighted by atomic mass is 9.85. The molecule has 0 spiro atoms. The Morgan fingerprint density at radius 1 is 1.06 bits per heavy atom. The smallest absolute Gasteiger partial charge is 0.226 e. The van der Waals surface area contributed by atoms with Crippen LogP contribution in [0.1, 0.15) is 32.1 Å². The van der Waals surface area contributed by atoms with Gasteiger partial charge in [-0.2, -0.15) is 0 Å². The summed E-state index contributed by atoms with van der Waals surface area (Å²) < 4.78 is 0. The highest BCUT2D eigenvalue weighted by Gasteiger charge is 2.69. The molecule has 1 amide bonds. The Morgan fingerprint density at radius 2 is 1.67 bits per heavy atom. The fraction of sp³-hybridized carbons (Fsp3) is 0.933. The summed E-state index contributed by atoms with van der Waals surface area (Å²) in [4.78, 5) is 14.6. The summed E-state index contributed by atoms with van der Waals surface area (Å²) in [6.07, 6.45) is 6.81. The van der Waals surface area contributed by atoms with Crippen LogP contribution in [0.3, 0.4) is 0 Å². The van der Waals surface area contributed by atoms with E-state index in [2.05, 4.69) is 4.90 Å². The SMILES string of the molecule is NC1(C2CC2)CN(C(=O)C2C3C4CCC(C4)C23)C1.